The molecule has 1 heterocycles. The van der Waals surface area contributed by atoms with Crippen LogP contribution < -0.4 is 0 Å². The quantitative estimate of drug-likeness (QED) is 0.598. The Hall–Kier alpha value is -0.790. The topological polar surface area (TPSA) is 20.3 Å². The lowest BCUT2D eigenvalue weighted by Gasteiger charge is -2.22. The van der Waals surface area contributed by atoms with E-state index in [2.05, 4.69) is 13.5 Å². The van der Waals surface area contributed by atoms with Crippen LogP contribution in [-0.4, -0.2) is 23.9 Å². The van der Waals surface area contributed by atoms with Gasteiger partial charge in [0.05, 0.1) is 0 Å². The summed E-state index contributed by atoms with van der Waals surface area (Å²) in [5.41, 5.74) is 0. The predicted octanol–water partition coefficient (Wildman–Crippen LogP) is 2.21. The maximum Gasteiger partial charge on any atom is 0.245 e. The normalized spacial score (nSPS) is 23.8. The zero-order valence-corrected chi connectivity index (χ0v) is 8.46. The van der Waals surface area contributed by atoms with Gasteiger partial charge in [0, 0.05) is 13.1 Å². The summed E-state index contributed by atoms with van der Waals surface area (Å²) in [5.74, 6) is 0.798. The van der Waals surface area contributed by atoms with E-state index >= 15 is 0 Å². The molecular weight excluding hydrogens is 162 g/mol. The second kappa shape index (κ2) is 5.05. The minimum atomic E-state index is 0.0975. The SMILES string of the molecule is C=CC(=O)N1CCCC[C@H](CC)C1. The number of hydrogen-bond acceptors (Lipinski definition) is 1. The van der Waals surface area contributed by atoms with E-state index < -0.39 is 0 Å². The molecule has 1 rings (SSSR count). The molecule has 1 aliphatic heterocycles. The largest absolute Gasteiger partial charge is 0.339 e. The van der Waals surface area contributed by atoms with E-state index in [4.69, 9.17) is 0 Å². The molecule has 0 N–H and O–H groups in total. The number of carbonyl (C=O) groups excluding carboxylic acids is 1. The highest BCUT2D eigenvalue weighted by Gasteiger charge is 2.18. The van der Waals surface area contributed by atoms with E-state index in [0.29, 0.717) is 5.92 Å². The first-order valence-electron chi connectivity index (χ1n) is 5.19. The van der Waals surface area contributed by atoms with Gasteiger partial charge in [0.2, 0.25) is 5.91 Å². The third-order valence-corrected chi connectivity index (χ3v) is 2.83. The molecule has 1 fully saturated rings. The summed E-state index contributed by atoms with van der Waals surface area (Å²) < 4.78 is 0. The Bertz CT molecular complexity index is 189. The van der Waals surface area contributed by atoms with E-state index in [1.54, 1.807) is 0 Å². The van der Waals surface area contributed by atoms with Crippen molar-refractivity contribution in [3.63, 3.8) is 0 Å². The van der Waals surface area contributed by atoms with Crippen molar-refractivity contribution in [2.24, 2.45) is 5.92 Å². The van der Waals surface area contributed by atoms with Crippen molar-refractivity contribution >= 4 is 5.91 Å². The highest BCUT2D eigenvalue weighted by molar-refractivity contribution is 5.86. The Balaban J connectivity index is 2.53. The molecule has 0 bridgehead atoms. The number of rotatable bonds is 2. The summed E-state index contributed by atoms with van der Waals surface area (Å²) in [7, 11) is 0. The third kappa shape index (κ3) is 2.87. The van der Waals surface area contributed by atoms with Crippen molar-refractivity contribution in [2.45, 2.75) is 32.6 Å². The molecule has 0 aromatic rings. The van der Waals surface area contributed by atoms with Gasteiger partial charge in [-0.2, -0.15) is 0 Å². The predicted molar refractivity (Wildman–Crippen MR) is 54.4 cm³/mol. The van der Waals surface area contributed by atoms with Crippen molar-refractivity contribution in [1.29, 1.82) is 0 Å². The lowest BCUT2D eigenvalue weighted by Crippen LogP contribution is -2.33. The molecule has 1 saturated heterocycles. The molecule has 0 spiro atoms. The van der Waals surface area contributed by atoms with Crippen LogP contribution in [0.1, 0.15) is 32.6 Å². The molecule has 0 saturated carbocycles. The monoisotopic (exact) mass is 181 g/mol. The second-order valence-electron chi connectivity index (χ2n) is 3.76. The van der Waals surface area contributed by atoms with E-state index in [1.165, 1.54) is 25.3 Å². The number of amides is 1. The van der Waals surface area contributed by atoms with Crippen LogP contribution in [0.5, 0.6) is 0 Å². The highest BCUT2D eigenvalue weighted by Crippen LogP contribution is 2.18. The summed E-state index contributed by atoms with van der Waals surface area (Å²) in [6.07, 6.45) is 6.30. The average Bonchev–Trinajstić information content (AvgIpc) is 2.41. The molecule has 0 aliphatic carbocycles. The summed E-state index contributed by atoms with van der Waals surface area (Å²) in [6, 6.07) is 0. The van der Waals surface area contributed by atoms with E-state index in [1.807, 2.05) is 4.90 Å². The Morgan fingerprint density at radius 2 is 2.38 bits per heavy atom. The van der Waals surface area contributed by atoms with Crippen LogP contribution in [-0.2, 0) is 4.79 Å². The van der Waals surface area contributed by atoms with E-state index in [-0.39, 0.29) is 5.91 Å². The fourth-order valence-electron chi connectivity index (χ4n) is 1.89. The van der Waals surface area contributed by atoms with E-state index in [0.717, 1.165) is 19.5 Å². The Labute approximate surface area is 80.6 Å². The highest BCUT2D eigenvalue weighted by atomic mass is 16.2. The molecule has 74 valence electrons. The van der Waals surface area contributed by atoms with Gasteiger partial charge in [0.1, 0.15) is 0 Å². The minimum Gasteiger partial charge on any atom is -0.339 e. The molecular formula is C11H19NO. The first-order chi connectivity index (χ1) is 6.27. The van der Waals surface area contributed by atoms with Crippen LogP contribution in [0.2, 0.25) is 0 Å². The van der Waals surface area contributed by atoms with Gasteiger partial charge < -0.3 is 4.90 Å². The van der Waals surface area contributed by atoms with Gasteiger partial charge in [0.15, 0.2) is 0 Å². The summed E-state index contributed by atoms with van der Waals surface area (Å²) >= 11 is 0. The van der Waals surface area contributed by atoms with Gasteiger partial charge in [-0.3, -0.25) is 4.79 Å². The fraction of sp³-hybridized carbons (Fsp3) is 0.727. The van der Waals surface area contributed by atoms with Gasteiger partial charge in [-0.15, -0.1) is 0 Å². The standard InChI is InChI=1S/C11H19NO/c1-3-10-7-5-6-8-12(9-10)11(13)4-2/h4,10H,2-3,5-9H2,1H3/t10-/m0/s1. The van der Waals surface area contributed by atoms with Crippen LogP contribution in [0.3, 0.4) is 0 Å². The summed E-state index contributed by atoms with van der Waals surface area (Å²) in [5, 5.41) is 0. The van der Waals surface area contributed by atoms with Crippen molar-refractivity contribution in [2.75, 3.05) is 13.1 Å². The maximum absolute atomic E-state index is 11.4. The third-order valence-electron chi connectivity index (χ3n) is 2.83. The molecule has 0 aromatic heterocycles. The molecule has 2 heteroatoms. The Kier molecular flexibility index (Phi) is 4.00. The molecule has 0 aromatic carbocycles. The minimum absolute atomic E-state index is 0.0975. The molecule has 2 nitrogen and oxygen atoms in total. The molecule has 13 heavy (non-hydrogen) atoms. The van der Waals surface area contributed by atoms with Crippen LogP contribution >= 0.6 is 0 Å². The fourth-order valence-corrected chi connectivity index (χ4v) is 1.89. The number of hydrogen-bond donors (Lipinski definition) is 0. The van der Waals surface area contributed by atoms with Crippen LogP contribution in [0.25, 0.3) is 0 Å². The number of likely N-dealkylation sites (tertiary alicyclic amines) is 1. The second-order valence-corrected chi connectivity index (χ2v) is 3.76. The Morgan fingerprint density at radius 3 is 3.00 bits per heavy atom. The number of carbonyl (C=O) groups is 1. The lowest BCUT2D eigenvalue weighted by atomic mass is 10.0. The van der Waals surface area contributed by atoms with Crippen LogP contribution in [0, 0.1) is 5.92 Å². The van der Waals surface area contributed by atoms with E-state index in [9.17, 15) is 4.79 Å². The number of nitrogens with zero attached hydrogens (tertiary/aromatic N) is 1. The van der Waals surface area contributed by atoms with Crippen molar-refractivity contribution in [1.82, 2.24) is 4.90 Å². The summed E-state index contributed by atoms with van der Waals surface area (Å²) in [6.45, 7) is 7.58. The maximum atomic E-state index is 11.4. The molecule has 1 aliphatic rings. The van der Waals surface area contributed by atoms with Crippen LogP contribution in [0.15, 0.2) is 12.7 Å². The Morgan fingerprint density at radius 1 is 1.62 bits per heavy atom. The van der Waals surface area contributed by atoms with Gasteiger partial charge in [-0.25, -0.2) is 0 Å². The van der Waals surface area contributed by atoms with Crippen molar-refractivity contribution in [3.8, 4) is 0 Å². The van der Waals surface area contributed by atoms with Gasteiger partial charge in [0.25, 0.3) is 0 Å². The smallest absolute Gasteiger partial charge is 0.245 e. The van der Waals surface area contributed by atoms with Crippen molar-refractivity contribution < 1.29 is 4.79 Å². The van der Waals surface area contributed by atoms with Gasteiger partial charge in [-0.05, 0) is 24.8 Å². The molecule has 1 amide bonds. The molecule has 0 unspecified atom stereocenters. The van der Waals surface area contributed by atoms with Gasteiger partial charge >= 0.3 is 0 Å². The summed E-state index contributed by atoms with van der Waals surface area (Å²) in [4.78, 5) is 13.3. The van der Waals surface area contributed by atoms with Crippen LogP contribution in [0.4, 0.5) is 0 Å². The molecule has 0 radical (unpaired) electrons. The van der Waals surface area contributed by atoms with Crippen molar-refractivity contribution in [3.05, 3.63) is 12.7 Å². The average molecular weight is 181 g/mol. The first kappa shape index (κ1) is 10.3. The first-order valence-corrected chi connectivity index (χ1v) is 5.19. The molecule has 1 atom stereocenters. The van der Waals surface area contributed by atoms with Gasteiger partial charge in [-0.1, -0.05) is 26.3 Å². The zero-order valence-electron chi connectivity index (χ0n) is 8.46. The lowest BCUT2D eigenvalue weighted by molar-refractivity contribution is -0.126. The zero-order chi connectivity index (χ0) is 9.68.